The molecule has 2 atom stereocenters. The van der Waals surface area contributed by atoms with Crippen LogP contribution in [0.1, 0.15) is 17.5 Å². The predicted octanol–water partition coefficient (Wildman–Crippen LogP) is -1.55. The molecule has 16 heavy (non-hydrogen) atoms. The zero-order valence-electron chi connectivity index (χ0n) is 8.62. The van der Waals surface area contributed by atoms with Gasteiger partial charge in [-0.25, -0.2) is 0 Å². The van der Waals surface area contributed by atoms with Crippen molar-refractivity contribution < 1.29 is 10.2 Å². The molecule has 2 unspecified atom stereocenters. The molecule has 0 saturated carbocycles. The third-order valence-corrected chi connectivity index (χ3v) is 3.16. The summed E-state index contributed by atoms with van der Waals surface area (Å²) in [5.74, 6) is -0.199. The molecule has 2 aliphatic rings. The van der Waals surface area contributed by atoms with E-state index < -0.39 is 5.17 Å². The molecule has 0 aromatic heterocycles. The number of nitrogens with two attached hydrogens (primary N) is 1. The Bertz CT molecular complexity index is 486. The molecule has 0 spiro atoms. The summed E-state index contributed by atoms with van der Waals surface area (Å²) in [5.41, 5.74) is 8.55. The number of aryl methyl sites for hydroxylation is 2. The van der Waals surface area contributed by atoms with Gasteiger partial charge in [0.05, 0.1) is 0 Å². The van der Waals surface area contributed by atoms with E-state index in [1.807, 2.05) is 0 Å². The van der Waals surface area contributed by atoms with Crippen molar-refractivity contribution >= 4 is 17.3 Å². The molecular weight excluding hydrogens is 208 g/mol. The highest BCUT2D eigenvalue weighted by Gasteiger charge is 2.28. The van der Waals surface area contributed by atoms with E-state index in [1.165, 1.54) is 0 Å². The molecule has 84 valence electrons. The number of benzene rings is 1. The Morgan fingerprint density at radius 3 is 2.44 bits per heavy atom. The first-order chi connectivity index (χ1) is 7.66. The van der Waals surface area contributed by atoms with Crippen LogP contribution >= 0.6 is 0 Å². The van der Waals surface area contributed by atoms with E-state index in [2.05, 4.69) is 5.10 Å². The summed E-state index contributed by atoms with van der Waals surface area (Å²) in [6, 6.07) is 3.60. The summed E-state index contributed by atoms with van der Waals surface area (Å²) in [5, 5.41) is 26.2. The third kappa shape index (κ3) is 1.25. The van der Waals surface area contributed by atoms with Crippen molar-refractivity contribution in [3.05, 3.63) is 33.7 Å². The Balaban J connectivity index is 2.17. The second kappa shape index (κ2) is 3.26. The quantitative estimate of drug-likeness (QED) is 0.462. The average molecular weight is 220 g/mol. The Kier molecular flexibility index (Phi) is 1.98. The number of hydroxylamine groups is 1. The topological polar surface area (TPSA) is 93.4 Å². The molecule has 0 amide bonds. The average Bonchev–Trinajstić information content (AvgIpc) is 2.71. The van der Waals surface area contributed by atoms with Crippen molar-refractivity contribution in [2.45, 2.75) is 19.3 Å². The van der Waals surface area contributed by atoms with Gasteiger partial charge in [0.2, 0.25) is 11.4 Å². The first-order valence-electron chi connectivity index (χ1n) is 5.26. The summed E-state index contributed by atoms with van der Waals surface area (Å²) < 4.78 is 0. The number of nitrogens with zero attached hydrogens (tertiary/aromatic N) is 1. The summed E-state index contributed by atoms with van der Waals surface area (Å²) >= 11 is 0. The van der Waals surface area contributed by atoms with E-state index in [0.29, 0.717) is 11.4 Å². The van der Waals surface area contributed by atoms with E-state index in [0.717, 1.165) is 30.4 Å². The van der Waals surface area contributed by atoms with Gasteiger partial charge < -0.3 is 16.1 Å². The lowest BCUT2D eigenvalue weighted by Gasteiger charge is -2.29. The molecule has 6 nitrogen and oxygen atoms in total. The van der Waals surface area contributed by atoms with Gasteiger partial charge in [0.25, 0.3) is 0 Å². The summed E-state index contributed by atoms with van der Waals surface area (Å²) in [6.07, 6.45) is 3.03. The largest absolute Gasteiger partial charge is 0.621 e. The Morgan fingerprint density at radius 2 is 1.75 bits per heavy atom. The first-order valence-corrected chi connectivity index (χ1v) is 5.26. The summed E-state index contributed by atoms with van der Waals surface area (Å²) in [7, 11) is 0. The Hall–Kier alpha value is -1.47. The molecule has 1 aromatic rings. The molecule has 1 aromatic carbocycles. The fraction of sp³-hybridized carbons (Fsp3) is 0.300. The van der Waals surface area contributed by atoms with Gasteiger partial charge in [0, 0.05) is 17.2 Å². The van der Waals surface area contributed by atoms with E-state index in [4.69, 9.17) is 5.73 Å². The van der Waals surface area contributed by atoms with E-state index >= 15 is 0 Å². The highest BCUT2D eigenvalue weighted by atomic mass is 16.5. The summed E-state index contributed by atoms with van der Waals surface area (Å²) in [4.78, 5) is 0. The van der Waals surface area contributed by atoms with Crippen molar-refractivity contribution in [2.75, 3.05) is 0 Å². The van der Waals surface area contributed by atoms with E-state index in [1.54, 1.807) is 12.1 Å². The Morgan fingerprint density at radius 1 is 1.12 bits per heavy atom. The van der Waals surface area contributed by atoms with Gasteiger partial charge >= 0.3 is 5.96 Å². The number of hydrogen-bond donors (Lipinski definition) is 3. The Labute approximate surface area is 92.1 Å². The van der Waals surface area contributed by atoms with Gasteiger partial charge in [0.15, 0.2) is 0 Å². The van der Waals surface area contributed by atoms with Crippen LogP contribution in [0, 0.1) is 10.4 Å². The number of rotatable bonds is 0. The van der Waals surface area contributed by atoms with Gasteiger partial charge in [-0.1, -0.05) is 0 Å². The SMILES string of the molecule is NC1=N[NH+]([O-])c2cc3c(cc2[NH+]1[O-])CCC3. The maximum Gasteiger partial charge on any atom is 0.351 e. The predicted molar refractivity (Wildman–Crippen MR) is 58.1 cm³/mol. The number of nitrogens with one attached hydrogen (secondary N) is 2. The highest BCUT2D eigenvalue weighted by molar-refractivity contribution is 5.75. The lowest BCUT2D eigenvalue weighted by molar-refractivity contribution is -0.812. The van der Waals surface area contributed by atoms with Crippen LogP contribution in [0.3, 0.4) is 0 Å². The van der Waals surface area contributed by atoms with Crippen LogP contribution in [0.2, 0.25) is 0 Å². The van der Waals surface area contributed by atoms with Crippen LogP contribution in [0.4, 0.5) is 11.4 Å². The van der Waals surface area contributed by atoms with E-state index in [-0.39, 0.29) is 11.0 Å². The van der Waals surface area contributed by atoms with Gasteiger partial charge in [-0.2, -0.15) is 5.17 Å². The van der Waals surface area contributed by atoms with Crippen molar-refractivity contribution in [2.24, 2.45) is 10.8 Å². The van der Waals surface area contributed by atoms with Gasteiger partial charge in [-0.05, 0) is 30.4 Å². The number of guanidine groups is 1. The van der Waals surface area contributed by atoms with Crippen LogP contribution in [0.15, 0.2) is 17.2 Å². The van der Waals surface area contributed by atoms with Gasteiger partial charge in [-0.15, -0.1) is 0 Å². The summed E-state index contributed by atoms with van der Waals surface area (Å²) in [6.45, 7) is 0. The molecule has 6 heteroatoms. The lowest BCUT2D eigenvalue weighted by atomic mass is 10.1. The number of fused-ring (bicyclic) bond motifs is 2. The number of quaternary nitrogens is 2. The molecule has 0 radical (unpaired) electrons. The standard InChI is InChI=1S/C10H12N4O2/c11-10-12-14(16)9-5-7-3-1-2-6(7)4-8(9)13(10)15/h4-5,13-14H,1-3H2,(H2,11,12). The zero-order valence-corrected chi connectivity index (χ0v) is 8.62. The van der Waals surface area contributed by atoms with Crippen molar-refractivity contribution in [1.29, 1.82) is 0 Å². The van der Waals surface area contributed by atoms with Crippen LogP contribution < -0.4 is 16.0 Å². The first kappa shape index (κ1) is 9.73. The van der Waals surface area contributed by atoms with Crippen molar-refractivity contribution in [3.8, 4) is 0 Å². The molecular formula is C10H12N4O2. The maximum absolute atomic E-state index is 11.8. The zero-order chi connectivity index (χ0) is 11.3. The van der Waals surface area contributed by atoms with Crippen molar-refractivity contribution in [1.82, 2.24) is 0 Å². The van der Waals surface area contributed by atoms with Gasteiger partial charge in [0.1, 0.15) is 0 Å². The molecule has 4 N–H and O–H groups in total. The molecule has 0 bridgehead atoms. The minimum atomic E-state index is -0.401. The van der Waals surface area contributed by atoms with Crippen LogP contribution in [-0.4, -0.2) is 5.96 Å². The fourth-order valence-corrected chi connectivity index (χ4v) is 2.35. The molecule has 0 fully saturated rings. The van der Waals surface area contributed by atoms with E-state index in [9.17, 15) is 10.4 Å². The molecule has 0 saturated heterocycles. The molecule has 1 aliphatic heterocycles. The number of hydrogen-bond acceptors (Lipinski definition) is 4. The highest BCUT2D eigenvalue weighted by Crippen LogP contribution is 2.28. The molecule has 1 aliphatic carbocycles. The minimum Gasteiger partial charge on any atom is -0.621 e. The van der Waals surface area contributed by atoms with Gasteiger partial charge in [-0.3, -0.25) is 5.06 Å². The maximum atomic E-state index is 11.8. The minimum absolute atomic E-state index is 0.199. The van der Waals surface area contributed by atoms with Crippen LogP contribution in [0.5, 0.6) is 0 Å². The second-order valence-electron chi connectivity index (χ2n) is 4.15. The smallest absolute Gasteiger partial charge is 0.351 e. The second-order valence-corrected chi connectivity index (χ2v) is 4.15. The fourth-order valence-electron chi connectivity index (χ4n) is 2.35. The van der Waals surface area contributed by atoms with Crippen LogP contribution in [-0.2, 0) is 12.8 Å². The van der Waals surface area contributed by atoms with Crippen LogP contribution in [0.25, 0.3) is 0 Å². The monoisotopic (exact) mass is 220 g/mol. The normalized spacial score (nSPS) is 27.2. The molecule has 3 rings (SSSR count). The lowest BCUT2D eigenvalue weighted by Crippen LogP contribution is -3.14. The van der Waals surface area contributed by atoms with Crippen molar-refractivity contribution in [3.63, 3.8) is 0 Å². The molecule has 1 heterocycles. The third-order valence-electron chi connectivity index (χ3n) is 3.16.